The lowest BCUT2D eigenvalue weighted by Crippen LogP contribution is -2.51. The van der Waals surface area contributed by atoms with Gasteiger partial charge in [-0.1, -0.05) is 11.8 Å². The summed E-state index contributed by atoms with van der Waals surface area (Å²) in [5, 5.41) is 4.94. The molecule has 5 rings (SSSR count). The Morgan fingerprint density at radius 2 is 2.05 bits per heavy atom. The molecule has 0 aliphatic carbocycles. The molecule has 5 heterocycles. The number of nitrogens with zero attached hydrogens (tertiary/aromatic N) is 2. The molecular weight excluding hydrogens is 258 g/mol. The minimum absolute atomic E-state index is 0.287. The highest BCUT2D eigenvalue weighted by Gasteiger charge is 2.40. The topological polar surface area (TPSA) is 36.9 Å². The lowest BCUT2D eigenvalue weighted by Gasteiger charge is -2.43. The van der Waals surface area contributed by atoms with E-state index in [-0.39, 0.29) is 5.54 Å². The van der Waals surface area contributed by atoms with E-state index in [1.165, 1.54) is 43.4 Å². The predicted molar refractivity (Wildman–Crippen MR) is 78.8 cm³/mol. The van der Waals surface area contributed by atoms with Gasteiger partial charge in [-0.15, -0.1) is 0 Å². The molecule has 0 aromatic heterocycles. The van der Waals surface area contributed by atoms with Crippen LogP contribution in [-0.2, 0) is 4.74 Å². The van der Waals surface area contributed by atoms with Crippen molar-refractivity contribution in [2.45, 2.75) is 37.3 Å². The van der Waals surface area contributed by atoms with E-state index in [1.54, 1.807) is 0 Å². The van der Waals surface area contributed by atoms with E-state index in [4.69, 9.17) is 9.73 Å². The van der Waals surface area contributed by atoms with Crippen LogP contribution in [0.3, 0.4) is 0 Å². The fourth-order valence-corrected chi connectivity index (χ4v) is 5.11. The third-order valence-corrected chi connectivity index (χ3v) is 6.39. The summed E-state index contributed by atoms with van der Waals surface area (Å²) >= 11 is 1.93. The highest BCUT2D eigenvalue weighted by molar-refractivity contribution is 8.14. The average Bonchev–Trinajstić information content (AvgIpc) is 2.83. The van der Waals surface area contributed by atoms with Gasteiger partial charge in [-0.05, 0) is 44.7 Å². The molecule has 0 radical (unpaired) electrons. The van der Waals surface area contributed by atoms with E-state index in [9.17, 15) is 0 Å². The second-order valence-electron chi connectivity index (χ2n) is 6.45. The van der Waals surface area contributed by atoms with Gasteiger partial charge in [0.1, 0.15) is 0 Å². The Morgan fingerprint density at radius 1 is 1.26 bits per heavy atom. The molecule has 0 saturated carbocycles. The quantitative estimate of drug-likeness (QED) is 0.786. The van der Waals surface area contributed by atoms with E-state index in [0.29, 0.717) is 6.04 Å². The standard InChI is InChI=1S/C14H23N3OS/c1-5-17-6-2-11(1)12(9-17)15-13-16-14(10-19-13)3-7-18-8-4-14/h11-12H,1-10H2,(H,15,16). The maximum atomic E-state index is 5.49. The fraction of sp³-hybridized carbons (Fsp3) is 0.929. The third-order valence-electron chi connectivity index (χ3n) is 5.21. The minimum atomic E-state index is 0.287. The zero-order chi connectivity index (χ0) is 12.7. The number of hydrogen-bond donors (Lipinski definition) is 1. The summed E-state index contributed by atoms with van der Waals surface area (Å²) in [7, 11) is 0. The van der Waals surface area contributed by atoms with Crippen LogP contribution in [0.1, 0.15) is 25.7 Å². The molecule has 5 saturated heterocycles. The lowest BCUT2D eigenvalue weighted by molar-refractivity contribution is 0.0553. The number of rotatable bonds is 1. The largest absolute Gasteiger partial charge is 0.381 e. The first-order chi connectivity index (χ1) is 9.33. The molecule has 0 amide bonds. The van der Waals surface area contributed by atoms with Crippen molar-refractivity contribution >= 4 is 16.9 Å². The molecule has 1 atom stereocenters. The predicted octanol–water partition coefficient (Wildman–Crippen LogP) is 1.32. The van der Waals surface area contributed by atoms with Gasteiger partial charge in [0.05, 0.1) is 11.6 Å². The summed E-state index contributed by atoms with van der Waals surface area (Å²) < 4.78 is 5.49. The summed E-state index contributed by atoms with van der Waals surface area (Å²) in [5.74, 6) is 2.02. The first-order valence-corrected chi connectivity index (χ1v) is 8.60. The number of thioether (sulfide) groups is 1. The van der Waals surface area contributed by atoms with Crippen molar-refractivity contribution in [1.29, 1.82) is 0 Å². The van der Waals surface area contributed by atoms with Crippen molar-refractivity contribution < 1.29 is 4.74 Å². The number of piperidine rings is 3. The van der Waals surface area contributed by atoms with Crippen LogP contribution >= 0.6 is 11.8 Å². The Hall–Kier alpha value is -0.260. The monoisotopic (exact) mass is 281 g/mol. The molecule has 1 spiro atoms. The van der Waals surface area contributed by atoms with Crippen molar-refractivity contribution in [3.8, 4) is 0 Å². The molecule has 19 heavy (non-hydrogen) atoms. The average molecular weight is 281 g/mol. The molecule has 0 aromatic rings. The normalized spacial score (nSPS) is 42.7. The molecule has 2 bridgehead atoms. The molecular formula is C14H23N3OS. The van der Waals surface area contributed by atoms with Crippen LogP contribution in [0.25, 0.3) is 0 Å². The Kier molecular flexibility index (Phi) is 3.24. The summed E-state index contributed by atoms with van der Waals surface area (Å²) in [4.78, 5) is 7.64. The molecule has 1 unspecified atom stereocenters. The van der Waals surface area contributed by atoms with E-state index in [2.05, 4.69) is 10.2 Å². The maximum absolute atomic E-state index is 5.49. The van der Waals surface area contributed by atoms with Crippen molar-refractivity contribution in [2.24, 2.45) is 10.9 Å². The summed E-state index contributed by atoms with van der Waals surface area (Å²) in [6, 6.07) is 0.549. The van der Waals surface area contributed by atoms with E-state index in [0.717, 1.165) is 32.0 Å². The van der Waals surface area contributed by atoms with Crippen molar-refractivity contribution in [3.63, 3.8) is 0 Å². The van der Waals surface area contributed by atoms with Gasteiger partial charge in [0.2, 0.25) is 0 Å². The van der Waals surface area contributed by atoms with Crippen LogP contribution in [0, 0.1) is 5.92 Å². The minimum Gasteiger partial charge on any atom is -0.381 e. The molecule has 5 fully saturated rings. The molecule has 0 aromatic carbocycles. The fourth-order valence-electron chi connectivity index (χ4n) is 3.84. The molecule has 5 heteroatoms. The smallest absolute Gasteiger partial charge is 0.157 e. The van der Waals surface area contributed by atoms with E-state index >= 15 is 0 Å². The summed E-state index contributed by atoms with van der Waals surface area (Å²) in [6.45, 7) is 5.59. The van der Waals surface area contributed by atoms with Crippen molar-refractivity contribution in [3.05, 3.63) is 0 Å². The van der Waals surface area contributed by atoms with Crippen LogP contribution in [0.2, 0.25) is 0 Å². The zero-order valence-corrected chi connectivity index (χ0v) is 12.3. The first-order valence-electron chi connectivity index (χ1n) is 7.62. The zero-order valence-electron chi connectivity index (χ0n) is 11.4. The Balaban J connectivity index is 1.44. The van der Waals surface area contributed by atoms with Gasteiger partial charge in [-0.2, -0.15) is 0 Å². The van der Waals surface area contributed by atoms with Gasteiger partial charge in [0.15, 0.2) is 5.17 Å². The van der Waals surface area contributed by atoms with Crippen LogP contribution in [0.5, 0.6) is 0 Å². The molecule has 4 nitrogen and oxygen atoms in total. The molecule has 5 aliphatic rings. The molecule has 1 N–H and O–H groups in total. The van der Waals surface area contributed by atoms with Gasteiger partial charge >= 0.3 is 0 Å². The summed E-state index contributed by atoms with van der Waals surface area (Å²) in [6.07, 6.45) is 4.98. The van der Waals surface area contributed by atoms with E-state index < -0.39 is 0 Å². The first kappa shape index (κ1) is 12.5. The Labute approximate surface area is 119 Å². The van der Waals surface area contributed by atoms with Crippen LogP contribution in [0.4, 0.5) is 0 Å². The van der Waals surface area contributed by atoms with Gasteiger partial charge < -0.3 is 15.0 Å². The Bertz CT molecular complexity index is 373. The Morgan fingerprint density at radius 3 is 2.74 bits per heavy atom. The molecule has 106 valence electrons. The van der Waals surface area contributed by atoms with Gasteiger partial charge in [-0.25, -0.2) is 0 Å². The highest BCUT2D eigenvalue weighted by Crippen LogP contribution is 2.34. The number of hydrogen-bond acceptors (Lipinski definition) is 4. The SMILES string of the molecule is C1CC2(CCO1)CSC(=NC1CN3CCC1CC3)N2. The third kappa shape index (κ3) is 2.41. The van der Waals surface area contributed by atoms with Gasteiger partial charge in [0.25, 0.3) is 0 Å². The number of fused-ring (bicyclic) bond motifs is 3. The van der Waals surface area contributed by atoms with Gasteiger partial charge in [0, 0.05) is 25.5 Å². The number of aliphatic imine (C=N–C) groups is 1. The second-order valence-corrected chi connectivity index (χ2v) is 7.41. The van der Waals surface area contributed by atoms with Crippen LogP contribution in [0.15, 0.2) is 4.99 Å². The number of nitrogens with one attached hydrogen (secondary N) is 1. The van der Waals surface area contributed by atoms with Crippen LogP contribution < -0.4 is 5.32 Å². The lowest BCUT2D eigenvalue weighted by atomic mass is 9.84. The maximum Gasteiger partial charge on any atom is 0.157 e. The second kappa shape index (κ2) is 4.93. The molecule has 5 aliphatic heterocycles. The number of ether oxygens (including phenoxy) is 1. The summed E-state index contributed by atoms with van der Waals surface area (Å²) in [5.41, 5.74) is 0.287. The highest BCUT2D eigenvalue weighted by atomic mass is 32.2. The van der Waals surface area contributed by atoms with Crippen molar-refractivity contribution in [1.82, 2.24) is 10.2 Å². The van der Waals surface area contributed by atoms with Gasteiger partial charge in [-0.3, -0.25) is 4.99 Å². The van der Waals surface area contributed by atoms with Crippen LogP contribution in [-0.4, -0.2) is 60.2 Å². The van der Waals surface area contributed by atoms with Crippen molar-refractivity contribution in [2.75, 3.05) is 38.6 Å². The van der Waals surface area contributed by atoms with E-state index in [1.807, 2.05) is 11.8 Å². The number of amidine groups is 1.